The molecule has 0 spiro atoms. The van der Waals surface area contributed by atoms with Crippen molar-refractivity contribution < 1.29 is 4.39 Å². The van der Waals surface area contributed by atoms with Gasteiger partial charge in [-0.3, -0.25) is 0 Å². The van der Waals surface area contributed by atoms with Gasteiger partial charge in [-0.25, -0.2) is 9.07 Å². The molecule has 0 saturated carbocycles. The fourth-order valence-electron chi connectivity index (χ4n) is 1.43. The molecule has 15 heavy (non-hydrogen) atoms. The highest BCUT2D eigenvalue weighted by Gasteiger charge is 2.02. The zero-order valence-electron chi connectivity index (χ0n) is 8.24. The van der Waals surface area contributed by atoms with E-state index in [4.69, 9.17) is 11.6 Å². The number of halogens is 2. The van der Waals surface area contributed by atoms with Gasteiger partial charge in [-0.1, -0.05) is 0 Å². The van der Waals surface area contributed by atoms with E-state index in [9.17, 15) is 4.39 Å². The Balaban J connectivity index is 2.44. The quantitative estimate of drug-likeness (QED) is 0.717. The Bertz CT molecular complexity index is 459. The molecule has 2 nitrogen and oxygen atoms in total. The van der Waals surface area contributed by atoms with Crippen LogP contribution in [0.2, 0.25) is 0 Å². The zero-order valence-corrected chi connectivity index (χ0v) is 9.00. The van der Waals surface area contributed by atoms with Crippen molar-refractivity contribution >= 4 is 11.6 Å². The van der Waals surface area contributed by atoms with Crippen LogP contribution in [0.15, 0.2) is 30.5 Å². The van der Waals surface area contributed by atoms with Crippen LogP contribution in [0.4, 0.5) is 4.39 Å². The van der Waals surface area contributed by atoms with Crippen molar-refractivity contribution in [1.82, 2.24) is 9.78 Å². The largest absolute Gasteiger partial charge is 0.241 e. The molecule has 0 atom stereocenters. The van der Waals surface area contributed by atoms with Crippen molar-refractivity contribution in [1.29, 1.82) is 0 Å². The van der Waals surface area contributed by atoms with Crippen LogP contribution >= 0.6 is 11.6 Å². The van der Waals surface area contributed by atoms with E-state index in [0.29, 0.717) is 11.6 Å². The summed E-state index contributed by atoms with van der Waals surface area (Å²) in [5, 5.41) is 4.20. The van der Waals surface area contributed by atoms with E-state index in [1.807, 2.05) is 19.1 Å². The number of rotatable bonds is 2. The second-order valence-corrected chi connectivity index (χ2v) is 3.64. The van der Waals surface area contributed by atoms with E-state index in [0.717, 1.165) is 11.3 Å². The molecule has 0 unspecified atom stereocenters. The molecule has 0 aliphatic rings. The van der Waals surface area contributed by atoms with Gasteiger partial charge in [0, 0.05) is 6.20 Å². The molecule has 0 N–H and O–H groups in total. The second-order valence-electron chi connectivity index (χ2n) is 3.37. The maximum atomic E-state index is 13.1. The minimum absolute atomic E-state index is 0.257. The molecular weight excluding hydrogens is 215 g/mol. The summed E-state index contributed by atoms with van der Waals surface area (Å²) in [6.45, 7) is 1.85. The highest BCUT2D eigenvalue weighted by molar-refractivity contribution is 6.16. The van der Waals surface area contributed by atoms with Gasteiger partial charge in [0.1, 0.15) is 5.82 Å². The smallest absolute Gasteiger partial charge is 0.125 e. The summed E-state index contributed by atoms with van der Waals surface area (Å²) in [7, 11) is 0. The molecular formula is C11H10ClFN2. The molecule has 0 aliphatic heterocycles. The predicted octanol–water partition coefficient (Wildman–Crippen LogP) is 3.06. The molecule has 0 amide bonds. The zero-order chi connectivity index (χ0) is 10.8. The summed E-state index contributed by atoms with van der Waals surface area (Å²) < 4.78 is 14.8. The van der Waals surface area contributed by atoms with Gasteiger partial charge in [-0.15, -0.1) is 11.6 Å². The van der Waals surface area contributed by atoms with Crippen LogP contribution in [0.3, 0.4) is 0 Å². The third-order valence-electron chi connectivity index (χ3n) is 2.07. The van der Waals surface area contributed by atoms with E-state index in [1.165, 1.54) is 12.1 Å². The maximum Gasteiger partial charge on any atom is 0.125 e. The Labute approximate surface area is 92.3 Å². The lowest BCUT2D eigenvalue weighted by Gasteiger charge is -2.02. The van der Waals surface area contributed by atoms with Gasteiger partial charge in [0.2, 0.25) is 0 Å². The van der Waals surface area contributed by atoms with Crippen LogP contribution in [0.5, 0.6) is 0 Å². The van der Waals surface area contributed by atoms with Gasteiger partial charge in [-0.2, -0.15) is 5.10 Å². The summed E-state index contributed by atoms with van der Waals surface area (Å²) in [5.74, 6) is 0.106. The van der Waals surface area contributed by atoms with Gasteiger partial charge < -0.3 is 0 Å². The molecule has 4 heteroatoms. The third kappa shape index (κ3) is 2.18. The first-order valence-electron chi connectivity index (χ1n) is 4.57. The summed E-state index contributed by atoms with van der Waals surface area (Å²) in [6.07, 6.45) is 1.77. The van der Waals surface area contributed by atoms with Gasteiger partial charge in [0.05, 0.1) is 17.3 Å². The Hall–Kier alpha value is -1.35. The normalized spacial score (nSPS) is 10.6. The summed E-state index contributed by atoms with van der Waals surface area (Å²) in [5.41, 5.74) is 2.36. The lowest BCUT2D eigenvalue weighted by Crippen LogP contribution is -1.97. The topological polar surface area (TPSA) is 17.8 Å². The van der Waals surface area contributed by atoms with Crippen molar-refractivity contribution in [3.8, 4) is 5.69 Å². The Kier molecular flexibility index (Phi) is 2.73. The first-order chi connectivity index (χ1) is 7.19. The second kappa shape index (κ2) is 4.03. The first-order valence-corrected chi connectivity index (χ1v) is 5.10. The minimum atomic E-state index is -0.257. The first kappa shape index (κ1) is 10.2. The number of aromatic nitrogens is 2. The van der Waals surface area contributed by atoms with Gasteiger partial charge in [0.15, 0.2) is 0 Å². The molecule has 1 aromatic heterocycles. The van der Waals surface area contributed by atoms with Crippen LogP contribution in [-0.2, 0) is 5.88 Å². The lowest BCUT2D eigenvalue weighted by atomic mass is 10.2. The Morgan fingerprint density at radius 3 is 2.80 bits per heavy atom. The molecule has 2 rings (SSSR count). The molecule has 0 fully saturated rings. The number of benzene rings is 1. The number of hydrogen-bond acceptors (Lipinski definition) is 1. The Morgan fingerprint density at radius 1 is 1.40 bits per heavy atom. The van der Waals surface area contributed by atoms with Crippen LogP contribution < -0.4 is 0 Å². The van der Waals surface area contributed by atoms with Crippen LogP contribution in [0.1, 0.15) is 11.3 Å². The average Bonchev–Trinajstić information content (AvgIpc) is 2.64. The maximum absolute atomic E-state index is 13.1. The van der Waals surface area contributed by atoms with Crippen molar-refractivity contribution in [3.63, 3.8) is 0 Å². The fraction of sp³-hybridized carbons (Fsp3) is 0.182. The number of aryl methyl sites for hydroxylation is 1. The van der Waals surface area contributed by atoms with E-state index in [-0.39, 0.29) is 5.82 Å². The average molecular weight is 225 g/mol. The monoisotopic (exact) mass is 224 g/mol. The van der Waals surface area contributed by atoms with Gasteiger partial charge >= 0.3 is 0 Å². The van der Waals surface area contributed by atoms with Crippen LogP contribution in [-0.4, -0.2) is 9.78 Å². The molecule has 78 valence electrons. The summed E-state index contributed by atoms with van der Waals surface area (Å²) >= 11 is 5.64. The summed E-state index contributed by atoms with van der Waals surface area (Å²) in [4.78, 5) is 0. The highest BCUT2D eigenvalue weighted by atomic mass is 35.5. The van der Waals surface area contributed by atoms with Crippen molar-refractivity contribution in [3.05, 3.63) is 47.5 Å². The molecule has 0 saturated heterocycles. The minimum Gasteiger partial charge on any atom is -0.241 e. The van der Waals surface area contributed by atoms with Crippen LogP contribution in [0.25, 0.3) is 5.69 Å². The number of nitrogens with zero attached hydrogens (tertiary/aromatic N) is 2. The predicted molar refractivity (Wildman–Crippen MR) is 57.8 cm³/mol. The SMILES string of the molecule is Cc1cc(F)cc(-n2ccc(CCl)n2)c1. The lowest BCUT2D eigenvalue weighted by molar-refractivity contribution is 0.624. The summed E-state index contributed by atoms with van der Waals surface area (Å²) in [6, 6.07) is 6.61. The van der Waals surface area contributed by atoms with E-state index < -0.39 is 0 Å². The van der Waals surface area contributed by atoms with E-state index in [2.05, 4.69) is 5.10 Å². The van der Waals surface area contributed by atoms with Crippen molar-refractivity contribution in [2.45, 2.75) is 12.8 Å². The van der Waals surface area contributed by atoms with E-state index in [1.54, 1.807) is 10.9 Å². The fourth-order valence-corrected chi connectivity index (χ4v) is 1.57. The molecule has 0 aliphatic carbocycles. The third-order valence-corrected chi connectivity index (χ3v) is 2.35. The molecule has 0 bridgehead atoms. The highest BCUT2D eigenvalue weighted by Crippen LogP contribution is 2.13. The van der Waals surface area contributed by atoms with Crippen molar-refractivity contribution in [2.24, 2.45) is 0 Å². The van der Waals surface area contributed by atoms with Gasteiger partial charge in [0.25, 0.3) is 0 Å². The molecule has 1 heterocycles. The van der Waals surface area contributed by atoms with Gasteiger partial charge in [-0.05, 0) is 36.8 Å². The molecule has 1 aromatic carbocycles. The number of hydrogen-bond donors (Lipinski definition) is 0. The van der Waals surface area contributed by atoms with E-state index >= 15 is 0 Å². The standard InChI is InChI=1S/C11H10ClFN2/c1-8-4-9(13)6-11(5-8)15-3-2-10(7-12)14-15/h2-6H,7H2,1H3. The van der Waals surface area contributed by atoms with Crippen LogP contribution in [0, 0.1) is 12.7 Å². The Morgan fingerprint density at radius 2 is 2.20 bits per heavy atom. The molecule has 2 aromatic rings. The van der Waals surface area contributed by atoms with Crippen molar-refractivity contribution in [2.75, 3.05) is 0 Å². The number of alkyl halides is 1. The molecule has 0 radical (unpaired) electrons.